The van der Waals surface area contributed by atoms with Crippen molar-refractivity contribution in [3.8, 4) is 17.3 Å². The number of imidazole rings is 1. The first-order valence-electron chi connectivity index (χ1n) is 16.9. The smallest absolute Gasteiger partial charge is 0.319 e. The van der Waals surface area contributed by atoms with Gasteiger partial charge < -0.3 is 19.1 Å². The first-order valence-corrected chi connectivity index (χ1v) is 17.3. The number of carbonyl (C=O) groups excluding carboxylic acids is 1. The highest BCUT2D eigenvalue weighted by Gasteiger charge is 2.49. The van der Waals surface area contributed by atoms with Gasteiger partial charge in [0.15, 0.2) is 5.82 Å². The minimum absolute atomic E-state index is 0.0131. The Morgan fingerprint density at radius 1 is 1.16 bits per heavy atom. The number of fused-ring (bicyclic) bond motifs is 3. The Labute approximate surface area is 293 Å². The third-order valence-electron chi connectivity index (χ3n) is 10.5. The lowest BCUT2D eigenvalue weighted by Crippen LogP contribution is -2.43. The third kappa shape index (κ3) is 5.83. The number of carbonyl (C=O) groups is 1. The summed E-state index contributed by atoms with van der Waals surface area (Å²) in [4.78, 5) is 37.3. The lowest BCUT2D eigenvalue weighted by Gasteiger charge is -2.31. The lowest BCUT2D eigenvalue weighted by atomic mass is 9.95. The fraction of sp³-hybridized carbons (Fsp3) is 0.378. The summed E-state index contributed by atoms with van der Waals surface area (Å²) in [5.41, 5.74) is 0.996. The molecule has 3 saturated heterocycles. The number of nitrogens with zero attached hydrogens (tertiary/aromatic N) is 8. The maximum Gasteiger partial charge on any atom is 0.319 e. The highest BCUT2D eigenvalue weighted by Crippen LogP contribution is 2.41. The van der Waals surface area contributed by atoms with Gasteiger partial charge in [-0.25, -0.2) is 13.8 Å². The molecule has 0 spiro atoms. The van der Waals surface area contributed by atoms with Crippen LogP contribution in [-0.2, 0) is 11.8 Å². The molecule has 0 unspecified atom stereocenters. The average Bonchev–Trinajstić information content (AvgIpc) is 3.91. The maximum absolute atomic E-state index is 16.8. The molecule has 2 aromatic carbocycles. The Balaban J connectivity index is 1.15. The average molecular weight is 699 g/mol. The van der Waals surface area contributed by atoms with E-state index in [2.05, 4.69) is 19.9 Å². The summed E-state index contributed by atoms with van der Waals surface area (Å²) in [6.45, 7) is 2.41. The molecule has 3 aliphatic rings. The zero-order valence-corrected chi connectivity index (χ0v) is 28.7. The lowest BCUT2D eigenvalue weighted by molar-refractivity contribution is -0.124. The number of aryl methyl sites for hydroxylation is 1. The summed E-state index contributed by atoms with van der Waals surface area (Å²) in [6, 6.07) is 11.0. The fourth-order valence-corrected chi connectivity index (χ4v) is 8.18. The molecule has 0 bridgehead atoms. The highest BCUT2D eigenvalue weighted by atomic mass is 35.5. The summed E-state index contributed by atoms with van der Waals surface area (Å²) in [5.74, 6) is -0.292. The van der Waals surface area contributed by atoms with Gasteiger partial charge in [0, 0.05) is 80.6 Å². The van der Waals surface area contributed by atoms with Gasteiger partial charge in [-0.1, -0.05) is 41.9 Å². The van der Waals surface area contributed by atoms with E-state index in [9.17, 15) is 9.18 Å². The summed E-state index contributed by atoms with van der Waals surface area (Å²) >= 11 is 6.62. The Bertz CT molecular complexity index is 2140. The number of amides is 1. The van der Waals surface area contributed by atoms with Crippen LogP contribution in [0.15, 0.2) is 61.2 Å². The molecule has 3 atom stereocenters. The molecule has 10 nitrogen and oxygen atoms in total. The molecule has 3 aliphatic heterocycles. The molecule has 8 rings (SSSR count). The van der Waals surface area contributed by atoms with Crippen molar-refractivity contribution < 1.29 is 18.3 Å². The second-order valence-electron chi connectivity index (χ2n) is 13.7. The van der Waals surface area contributed by atoms with Crippen LogP contribution in [0.1, 0.15) is 31.4 Å². The van der Waals surface area contributed by atoms with E-state index in [0.717, 1.165) is 24.8 Å². The van der Waals surface area contributed by atoms with Gasteiger partial charge in [0.25, 0.3) is 0 Å². The van der Waals surface area contributed by atoms with Crippen molar-refractivity contribution in [2.45, 2.75) is 43.4 Å². The molecular formula is C37H37ClF2N8O2. The fourth-order valence-electron chi connectivity index (χ4n) is 7.90. The van der Waals surface area contributed by atoms with E-state index in [4.69, 9.17) is 21.3 Å². The van der Waals surface area contributed by atoms with E-state index in [1.54, 1.807) is 35.6 Å². The second-order valence-corrected chi connectivity index (χ2v) is 14.1. The molecule has 3 aromatic heterocycles. The van der Waals surface area contributed by atoms with Crippen LogP contribution in [0.25, 0.3) is 39.0 Å². The number of halogens is 3. The highest BCUT2D eigenvalue weighted by molar-refractivity contribution is 6.36. The number of likely N-dealkylation sites (tertiary alicyclic amines) is 1. The first kappa shape index (κ1) is 32.5. The summed E-state index contributed by atoms with van der Waals surface area (Å²) in [6.07, 6.45) is 10.3. The number of benzene rings is 2. The predicted molar refractivity (Wildman–Crippen MR) is 189 cm³/mol. The van der Waals surface area contributed by atoms with Crippen LogP contribution in [0.2, 0.25) is 5.02 Å². The zero-order valence-electron chi connectivity index (χ0n) is 27.9. The van der Waals surface area contributed by atoms with Gasteiger partial charge in [-0.3, -0.25) is 14.7 Å². The summed E-state index contributed by atoms with van der Waals surface area (Å²) in [7, 11) is 3.76. The summed E-state index contributed by atoms with van der Waals surface area (Å²) in [5, 5.41) is 2.46. The number of alkyl halides is 1. The van der Waals surface area contributed by atoms with E-state index in [0.29, 0.717) is 65.3 Å². The van der Waals surface area contributed by atoms with Gasteiger partial charge in [0.05, 0.1) is 22.9 Å². The number of likely N-dealkylation sites (N-methyl/N-ethyl adjacent to an activating group) is 1. The number of rotatable bonds is 8. The van der Waals surface area contributed by atoms with Crippen molar-refractivity contribution >= 4 is 51.1 Å². The molecule has 5 aromatic rings. The molecule has 13 heteroatoms. The normalized spacial score (nSPS) is 22.3. The van der Waals surface area contributed by atoms with Gasteiger partial charge in [0.2, 0.25) is 5.91 Å². The van der Waals surface area contributed by atoms with E-state index >= 15 is 4.39 Å². The molecule has 0 saturated carbocycles. The third-order valence-corrected chi connectivity index (χ3v) is 10.8. The van der Waals surface area contributed by atoms with Crippen LogP contribution in [-0.4, -0.2) is 97.8 Å². The van der Waals surface area contributed by atoms with E-state index < -0.39 is 17.5 Å². The van der Waals surface area contributed by atoms with E-state index in [1.165, 1.54) is 6.08 Å². The molecule has 0 aliphatic carbocycles. The van der Waals surface area contributed by atoms with Crippen molar-refractivity contribution in [3.05, 3.63) is 77.7 Å². The Kier molecular flexibility index (Phi) is 8.39. The number of anilines is 1. The predicted octanol–water partition coefficient (Wildman–Crippen LogP) is 6.08. The Hall–Kier alpha value is -4.68. The van der Waals surface area contributed by atoms with Crippen LogP contribution < -0.4 is 9.64 Å². The van der Waals surface area contributed by atoms with Gasteiger partial charge in [-0.2, -0.15) is 9.97 Å². The van der Waals surface area contributed by atoms with Crippen molar-refractivity contribution in [1.29, 1.82) is 0 Å². The number of ether oxygens (including phenoxy) is 1. The van der Waals surface area contributed by atoms with Crippen LogP contribution in [0.5, 0.6) is 6.01 Å². The van der Waals surface area contributed by atoms with Crippen LogP contribution in [0.4, 0.5) is 14.6 Å². The Morgan fingerprint density at radius 2 is 2.00 bits per heavy atom. The molecule has 1 amide bonds. The number of pyridine rings is 1. The maximum atomic E-state index is 16.8. The Morgan fingerprint density at radius 3 is 2.82 bits per heavy atom. The minimum Gasteiger partial charge on any atom is -0.461 e. The monoisotopic (exact) mass is 698 g/mol. The standard InChI is InChI=1S/C37H37ClF2N8O2/c1-45-19-25(42-22-45)10-11-30(49)47-15-12-26(20-47)46(2)35-28-17-41-33(27-8-3-6-23-7-4-9-29(38)31(23)27)32(40)34(28)43-36(44-35)50-21-37-13-5-14-48(37)18-24(39)16-37/h3-4,6-11,17,19,22,24,26H,5,12-16,18,20-21H2,1-2H3/b11-10+/t24-,26-,37+/m1/s1. The van der Waals surface area contributed by atoms with Crippen molar-refractivity contribution in [1.82, 2.24) is 34.3 Å². The van der Waals surface area contributed by atoms with Crippen molar-refractivity contribution in [2.24, 2.45) is 7.05 Å². The summed E-state index contributed by atoms with van der Waals surface area (Å²) < 4.78 is 39.5. The molecule has 0 N–H and O–H groups in total. The second kappa shape index (κ2) is 12.9. The van der Waals surface area contributed by atoms with Crippen LogP contribution in [0.3, 0.4) is 0 Å². The quantitative estimate of drug-likeness (QED) is 0.180. The van der Waals surface area contributed by atoms with E-state index in [-0.39, 0.29) is 35.8 Å². The largest absolute Gasteiger partial charge is 0.461 e. The van der Waals surface area contributed by atoms with Gasteiger partial charge in [-0.05, 0) is 43.3 Å². The zero-order chi connectivity index (χ0) is 34.6. The van der Waals surface area contributed by atoms with Crippen molar-refractivity contribution in [3.63, 3.8) is 0 Å². The van der Waals surface area contributed by atoms with Crippen LogP contribution >= 0.6 is 11.6 Å². The van der Waals surface area contributed by atoms with Gasteiger partial charge in [-0.15, -0.1) is 0 Å². The number of hydrogen-bond acceptors (Lipinski definition) is 8. The van der Waals surface area contributed by atoms with E-state index in [1.807, 2.05) is 54.0 Å². The molecule has 258 valence electrons. The molecular weight excluding hydrogens is 662 g/mol. The molecule has 50 heavy (non-hydrogen) atoms. The van der Waals surface area contributed by atoms with Gasteiger partial charge in [0.1, 0.15) is 29.8 Å². The number of hydrogen-bond donors (Lipinski definition) is 0. The molecule has 3 fully saturated rings. The first-order chi connectivity index (χ1) is 24.2. The number of aromatic nitrogens is 5. The molecule has 0 radical (unpaired) electrons. The minimum atomic E-state index is -0.913. The molecule has 6 heterocycles. The van der Waals surface area contributed by atoms with Gasteiger partial charge >= 0.3 is 6.01 Å². The topological polar surface area (TPSA) is 92.5 Å². The SMILES string of the molecule is CN(c1nc(OC[C@@]23CCCN2C[C@H](F)C3)nc2c(F)c(-c3cccc4cccc(Cl)c34)ncc12)[C@@H]1CCN(C(=O)/C=C/c2cn(C)cn2)C1. The van der Waals surface area contributed by atoms with Crippen LogP contribution in [0, 0.1) is 5.82 Å². The van der Waals surface area contributed by atoms with Crippen molar-refractivity contribution in [2.75, 3.05) is 44.7 Å².